The minimum atomic E-state index is -0.747. The molecule has 0 saturated carbocycles. The van der Waals surface area contributed by atoms with Crippen LogP contribution in [0, 0.1) is 17.7 Å². The number of likely N-dealkylation sites (tertiary alicyclic amines) is 1. The van der Waals surface area contributed by atoms with Gasteiger partial charge in [-0.1, -0.05) is 12.1 Å². The van der Waals surface area contributed by atoms with Crippen LogP contribution >= 0.6 is 0 Å². The van der Waals surface area contributed by atoms with E-state index in [1.54, 1.807) is 32.9 Å². The summed E-state index contributed by atoms with van der Waals surface area (Å²) in [5.74, 6) is -2.65. The van der Waals surface area contributed by atoms with E-state index in [0.29, 0.717) is 13.0 Å². The second-order valence-electron chi connectivity index (χ2n) is 7.79. The van der Waals surface area contributed by atoms with Crippen molar-refractivity contribution in [2.75, 3.05) is 26.7 Å². The number of benzene rings is 1. The van der Waals surface area contributed by atoms with Gasteiger partial charge in [-0.3, -0.25) is 9.59 Å². The van der Waals surface area contributed by atoms with E-state index in [0.717, 1.165) is 5.56 Å². The molecule has 1 N–H and O–H groups in total. The number of halogens is 1. The van der Waals surface area contributed by atoms with E-state index < -0.39 is 29.5 Å². The van der Waals surface area contributed by atoms with Gasteiger partial charge in [-0.15, -0.1) is 0 Å². The lowest BCUT2D eigenvalue weighted by Crippen LogP contribution is -2.39. The van der Waals surface area contributed by atoms with Crippen LogP contribution in [0.2, 0.25) is 0 Å². The standard InChI is InChI=1S/C20H27FN2O5/c1-20(2,3)28-19(26)23-11-15(16(12-23)18(25)27-4)17(24)22-10-9-13-5-7-14(21)8-6-13/h5-8,15-16H,9-12H2,1-4H3,(H,22,24). The number of esters is 1. The molecule has 2 rings (SSSR count). The molecule has 1 aliphatic heterocycles. The number of nitrogens with one attached hydrogen (secondary N) is 1. The molecule has 8 heteroatoms. The Labute approximate surface area is 164 Å². The van der Waals surface area contributed by atoms with Gasteiger partial charge < -0.3 is 19.7 Å². The molecule has 28 heavy (non-hydrogen) atoms. The zero-order valence-corrected chi connectivity index (χ0v) is 16.7. The number of amides is 2. The highest BCUT2D eigenvalue weighted by molar-refractivity contribution is 5.87. The maximum Gasteiger partial charge on any atom is 0.410 e. The average molecular weight is 394 g/mol. The van der Waals surface area contributed by atoms with Crippen molar-refractivity contribution in [1.82, 2.24) is 10.2 Å². The van der Waals surface area contributed by atoms with E-state index in [-0.39, 0.29) is 24.8 Å². The van der Waals surface area contributed by atoms with E-state index in [4.69, 9.17) is 9.47 Å². The van der Waals surface area contributed by atoms with Gasteiger partial charge in [0, 0.05) is 19.6 Å². The summed E-state index contributed by atoms with van der Waals surface area (Å²) in [5, 5.41) is 2.79. The van der Waals surface area contributed by atoms with Crippen molar-refractivity contribution in [3.8, 4) is 0 Å². The molecule has 1 aromatic carbocycles. The van der Waals surface area contributed by atoms with E-state index in [1.165, 1.54) is 24.1 Å². The molecular weight excluding hydrogens is 367 g/mol. The van der Waals surface area contributed by atoms with Crippen LogP contribution in [-0.4, -0.2) is 55.2 Å². The zero-order valence-electron chi connectivity index (χ0n) is 16.7. The molecule has 1 aromatic rings. The topological polar surface area (TPSA) is 84.9 Å². The van der Waals surface area contributed by atoms with Crippen molar-refractivity contribution in [2.24, 2.45) is 11.8 Å². The van der Waals surface area contributed by atoms with Crippen molar-refractivity contribution < 1.29 is 28.2 Å². The SMILES string of the molecule is COC(=O)C1CN(C(=O)OC(C)(C)C)CC1C(=O)NCCc1ccc(F)cc1. The number of rotatable bonds is 5. The van der Waals surface area contributed by atoms with Crippen LogP contribution in [0.5, 0.6) is 0 Å². The van der Waals surface area contributed by atoms with Gasteiger partial charge in [-0.25, -0.2) is 9.18 Å². The molecule has 1 aliphatic rings. The van der Waals surface area contributed by atoms with Gasteiger partial charge in [0.25, 0.3) is 0 Å². The molecule has 0 aromatic heterocycles. The lowest BCUT2D eigenvalue weighted by atomic mass is 9.95. The van der Waals surface area contributed by atoms with Gasteiger partial charge in [-0.2, -0.15) is 0 Å². The molecule has 1 fully saturated rings. The van der Waals surface area contributed by atoms with Crippen LogP contribution in [-0.2, 0) is 25.5 Å². The first kappa shape index (κ1) is 21.7. The predicted octanol–water partition coefficient (Wildman–Crippen LogP) is 2.14. The number of hydrogen-bond donors (Lipinski definition) is 1. The van der Waals surface area contributed by atoms with Crippen LogP contribution in [0.15, 0.2) is 24.3 Å². The largest absolute Gasteiger partial charge is 0.469 e. The molecule has 0 radical (unpaired) electrons. The number of hydrogen-bond acceptors (Lipinski definition) is 5. The number of carbonyl (C=O) groups excluding carboxylic acids is 3. The number of methoxy groups -OCH3 is 1. The number of carbonyl (C=O) groups is 3. The third-order valence-electron chi connectivity index (χ3n) is 4.44. The van der Waals surface area contributed by atoms with Gasteiger partial charge in [0.05, 0.1) is 18.9 Å². The van der Waals surface area contributed by atoms with Gasteiger partial charge in [0.2, 0.25) is 5.91 Å². The lowest BCUT2D eigenvalue weighted by molar-refractivity contribution is -0.148. The molecule has 0 spiro atoms. The van der Waals surface area contributed by atoms with Gasteiger partial charge in [0.1, 0.15) is 11.4 Å². The monoisotopic (exact) mass is 394 g/mol. The second-order valence-corrected chi connectivity index (χ2v) is 7.79. The first-order valence-electron chi connectivity index (χ1n) is 9.18. The molecule has 1 heterocycles. The van der Waals surface area contributed by atoms with E-state index in [1.807, 2.05) is 0 Å². The molecule has 7 nitrogen and oxygen atoms in total. The van der Waals surface area contributed by atoms with Crippen LogP contribution in [0.1, 0.15) is 26.3 Å². The highest BCUT2D eigenvalue weighted by Crippen LogP contribution is 2.26. The van der Waals surface area contributed by atoms with Gasteiger partial charge in [-0.05, 0) is 44.9 Å². The summed E-state index contributed by atoms with van der Waals surface area (Å²) in [4.78, 5) is 38.4. The van der Waals surface area contributed by atoms with Crippen molar-refractivity contribution >= 4 is 18.0 Å². The van der Waals surface area contributed by atoms with E-state index >= 15 is 0 Å². The highest BCUT2D eigenvalue weighted by Gasteiger charge is 2.45. The van der Waals surface area contributed by atoms with Gasteiger partial charge >= 0.3 is 12.1 Å². The molecule has 2 unspecified atom stereocenters. The summed E-state index contributed by atoms with van der Waals surface area (Å²) in [5.41, 5.74) is 0.209. The predicted molar refractivity (Wildman–Crippen MR) is 99.9 cm³/mol. The minimum Gasteiger partial charge on any atom is -0.469 e. The number of ether oxygens (including phenoxy) is 2. The van der Waals surface area contributed by atoms with E-state index in [2.05, 4.69) is 5.32 Å². The van der Waals surface area contributed by atoms with Crippen LogP contribution < -0.4 is 5.32 Å². The molecule has 2 amide bonds. The zero-order chi connectivity index (χ0) is 20.9. The van der Waals surface area contributed by atoms with Crippen LogP contribution in [0.25, 0.3) is 0 Å². The third-order valence-corrected chi connectivity index (χ3v) is 4.44. The Bertz CT molecular complexity index is 714. The first-order chi connectivity index (χ1) is 13.1. The Morgan fingerprint density at radius 2 is 1.75 bits per heavy atom. The summed E-state index contributed by atoms with van der Waals surface area (Å²) >= 11 is 0. The maximum atomic E-state index is 12.9. The molecule has 0 aliphatic carbocycles. The van der Waals surface area contributed by atoms with Gasteiger partial charge in [0.15, 0.2) is 0 Å². The fraction of sp³-hybridized carbons (Fsp3) is 0.550. The van der Waals surface area contributed by atoms with E-state index in [9.17, 15) is 18.8 Å². The summed E-state index contributed by atoms with van der Waals surface area (Å²) in [6, 6.07) is 6.03. The Hall–Kier alpha value is -2.64. The second kappa shape index (κ2) is 9.03. The Balaban J connectivity index is 1.97. The molecule has 2 atom stereocenters. The Morgan fingerprint density at radius 1 is 1.14 bits per heavy atom. The van der Waals surface area contributed by atoms with Crippen molar-refractivity contribution in [2.45, 2.75) is 32.8 Å². The normalized spacial score (nSPS) is 19.2. The number of nitrogens with zero attached hydrogens (tertiary/aromatic N) is 1. The summed E-state index contributed by atoms with van der Waals surface area (Å²) in [6.45, 7) is 5.73. The summed E-state index contributed by atoms with van der Waals surface area (Å²) in [6.07, 6.45) is -0.0414. The molecule has 0 bridgehead atoms. The third kappa shape index (κ3) is 5.94. The van der Waals surface area contributed by atoms with Crippen molar-refractivity contribution in [3.63, 3.8) is 0 Å². The minimum absolute atomic E-state index is 0.0671. The molecule has 1 saturated heterocycles. The fourth-order valence-corrected chi connectivity index (χ4v) is 3.05. The average Bonchev–Trinajstić information content (AvgIpc) is 3.07. The van der Waals surface area contributed by atoms with Crippen LogP contribution in [0.4, 0.5) is 9.18 Å². The molecular formula is C20H27FN2O5. The quantitative estimate of drug-likeness (QED) is 0.774. The Kier molecular flexibility index (Phi) is 6.99. The highest BCUT2D eigenvalue weighted by atomic mass is 19.1. The van der Waals surface area contributed by atoms with Crippen molar-refractivity contribution in [1.29, 1.82) is 0 Å². The smallest absolute Gasteiger partial charge is 0.410 e. The lowest BCUT2D eigenvalue weighted by Gasteiger charge is -2.24. The first-order valence-corrected chi connectivity index (χ1v) is 9.18. The van der Waals surface area contributed by atoms with Crippen molar-refractivity contribution in [3.05, 3.63) is 35.6 Å². The van der Waals surface area contributed by atoms with Crippen LogP contribution in [0.3, 0.4) is 0 Å². The fourth-order valence-electron chi connectivity index (χ4n) is 3.05. The maximum absolute atomic E-state index is 12.9. The Morgan fingerprint density at radius 3 is 2.32 bits per heavy atom. The summed E-state index contributed by atoms with van der Waals surface area (Å²) < 4.78 is 23.1. The molecule has 154 valence electrons. The summed E-state index contributed by atoms with van der Waals surface area (Å²) in [7, 11) is 1.25.